The molecule has 3 rings (SSSR count). The van der Waals surface area contributed by atoms with Crippen LogP contribution in [0.3, 0.4) is 0 Å². The number of nitrogens with zero attached hydrogens (tertiary/aromatic N) is 3. The average molecular weight is 285 g/mol. The van der Waals surface area contributed by atoms with Crippen molar-refractivity contribution in [3.05, 3.63) is 53.1 Å². The quantitative estimate of drug-likeness (QED) is 0.751. The maximum absolute atomic E-state index is 11.1. The molecule has 1 heterocycles. The third-order valence-corrected chi connectivity index (χ3v) is 3.18. The number of hydrogen-bond acceptors (Lipinski definition) is 4. The van der Waals surface area contributed by atoms with Crippen molar-refractivity contribution < 1.29 is 4.79 Å². The smallest absolute Gasteiger partial charge is 0.204 e. The van der Waals surface area contributed by atoms with Crippen LogP contribution >= 0.6 is 11.6 Å². The molecule has 0 spiro atoms. The van der Waals surface area contributed by atoms with E-state index in [-0.39, 0.29) is 0 Å². The number of H-pyrrole nitrogens is 1. The molecule has 0 aliphatic heterocycles. The molecule has 0 saturated heterocycles. The first-order chi connectivity index (χ1) is 9.78. The Morgan fingerprint density at radius 2 is 1.80 bits per heavy atom. The molecule has 98 valence electrons. The summed E-state index contributed by atoms with van der Waals surface area (Å²) in [5.41, 5.74) is 3.18. The number of nitrogens with one attached hydrogen (secondary N) is 1. The van der Waals surface area contributed by atoms with Crippen molar-refractivity contribution in [3.8, 4) is 22.5 Å². The summed E-state index contributed by atoms with van der Waals surface area (Å²) in [6.07, 6.45) is 0.800. The van der Waals surface area contributed by atoms with Crippen molar-refractivity contribution in [3.63, 3.8) is 0 Å². The molecular weight excluding hydrogens is 276 g/mol. The van der Waals surface area contributed by atoms with E-state index in [1.54, 1.807) is 12.1 Å². The lowest BCUT2D eigenvalue weighted by atomic mass is 9.99. The summed E-state index contributed by atoms with van der Waals surface area (Å²) < 4.78 is 0. The molecule has 3 aromatic rings. The number of hydrogen-bond donors (Lipinski definition) is 1. The number of tetrazole rings is 1. The van der Waals surface area contributed by atoms with Crippen LogP contribution in [0.25, 0.3) is 22.5 Å². The van der Waals surface area contributed by atoms with E-state index >= 15 is 0 Å². The summed E-state index contributed by atoms with van der Waals surface area (Å²) in [5, 5.41) is 14.3. The monoisotopic (exact) mass is 284 g/mol. The highest BCUT2D eigenvalue weighted by atomic mass is 35.5. The summed E-state index contributed by atoms with van der Waals surface area (Å²) in [6.45, 7) is 0. The number of aromatic nitrogens is 4. The number of rotatable bonds is 3. The van der Waals surface area contributed by atoms with Gasteiger partial charge in [-0.15, -0.1) is 10.2 Å². The Hall–Kier alpha value is -2.53. The Morgan fingerprint density at radius 1 is 1.05 bits per heavy atom. The van der Waals surface area contributed by atoms with Gasteiger partial charge in [0.1, 0.15) is 0 Å². The standard InChI is InChI=1S/C14H9ClN4O/c15-12-5-6-13(11(7-12)8-20)9-1-3-10(4-2-9)14-16-18-19-17-14/h1-8H,(H,16,17,18,19). The lowest BCUT2D eigenvalue weighted by Gasteiger charge is -2.06. The van der Waals surface area contributed by atoms with Crippen molar-refractivity contribution in [1.82, 2.24) is 20.6 Å². The van der Waals surface area contributed by atoms with E-state index in [2.05, 4.69) is 20.6 Å². The molecule has 0 aliphatic rings. The zero-order chi connectivity index (χ0) is 13.9. The summed E-state index contributed by atoms with van der Waals surface area (Å²) in [5.74, 6) is 0.531. The molecule has 1 aromatic heterocycles. The molecule has 5 nitrogen and oxygen atoms in total. The largest absolute Gasteiger partial charge is 0.298 e. The second-order valence-electron chi connectivity index (χ2n) is 4.16. The van der Waals surface area contributed by atoms with Crippen LogP contribution in [0.15, 0.2) is 42.5 Å². The van der Waals surface area contributed by atoms with Crippen LogP contribution in [0.1, 0.15) is 10.4 Å². The molecule has 0 fully saturated rings. The minimum absolute atomic E-state index is 0.531. The van der Waals surface area contributed by atoms with E-state index in [4.69, 9.17) is 11.6 Å². The number of aldehydes is 1. The second kappa shape index (κ2) is 5.22. The number of benzene rings is 2. The van der Waals surface area contributed by atoms with E-state index < -0.39 is 0 Å². The zero-order valence-corrected chi connectivity index (χ0v) is 11.0. The van der Waals surface area contributed by atoms with Gasteiger partial charge in [0.2, 0.25) is 5.82 Å². The van der Waals surface area contributed by atoms with Crippen LogP contribution in [0, 0.1) is 0 Å². The fourth-order valence-corrected chi connectivity index (χ4v) is 2.16. The van der Waals surface area contributed by atoms with Crippen molar-refractivity contribution in [2.24, 2.45) is 0 Å². The molecule has 0 amide bonds. The Balaban J connectivity index is 2.01. The SMILES string of the molecule is O=Cc1cc(Cl)ccc1-c1ccc(-c2nn[nH]n2)cc1. The van der Waals surface area contributed by atoms with Crippen LogP contribution in [0.5, 0.6) is 0 Å². The van der Waals surface area contributed by atoms with Crippen molar-refractivity contribution in [1.29, 1.82) is 0 Å². The summed E-state index contributed by atoms with van der Waals surface area (Å²) in [4.78, 5) is 11.1. The first-order valence-electron chi connectivity index (χ1n) is 5.87. The minimum atomic E-state index is 0.531. The Morgan fingerprint density at radius 3 is 2.45 bits per heavy atom. The van der Waals surface area contributed by atoms with Gasteiger partial charge in [0.25, 0.3) is 0 Å². The minimum Gasteiger partial charge on any atom is -0.298 e. The van der Waals surface area contributed by atoms with Crippen molar-refractivity contribution >= 4 is 17.9 Å². The fourth-order valence-electron chi connectivity index (χ4n) is 1.98. The van der Waals surface area contributed by atoms with Crippen LogP contribution in [-0.4, -0.2) is 26.9 Å². The molecule has 0 radical (unpaired) electrons. The van der Waals surface area contributed by atoms with Gasteiger partial charge in [0, 0.05) is 16.1 Å². The fraction of sp³-hybridized carbons (Fsp3) is 0. The number of halogens is 1. The number of carbonyl (C=O) groups is 1. The van der Waals surface area contributed by atoms with E-state index in [1.165, 1.54) is 0 Å². The second-order valence-corrected chi connectivity index (χ2v) is 4.60. The van der Waals surface area contributed by atoms with Gasteiger partial charge in [-0.05, 0) is 28.5 Å². The Bertz CT molecular complexity index is 738. The van der Waals surface area contributed by atoms with Crippen LogP contribution in [0.4, 0.5) is 0 Å². The molecule has 2 aromatic carbocycles. The topological polar surface area (TPSA) is 71.5 Å². The van der Waals surface area contributed by atoms with Gasteiger partial charge in [0.05, 0.1) is 0 Å². The summed E-state index contributed by atoms with van der Waals surface area (Å²) in [6, 6.07) is 12.8. The maximum Gasteiger partial charge on any atom is 0.204 e. The van der Waals surface area contributed by atoms with Crippen LogP contribution in [-0.2, 0) is 0 Å². The van der Waals surface area contributed by atoms with Crippen LogP contribution < -0.4 is 0 Å². The molecule has 0 unspecified atom stereocenters. The average Bonchev–Trinajstić information content (AvgIpc) is 3.01. The van der Waals surface area contributed by atoms with Crippen molar-refractivity contribution in [2.45, 2.75) is 0 Å². The van der Waals surface area contributed by atoms with Gasteiger partial charge in [0.15, 0.2) is 6.29 Å². The zero-order valence-electron chi connectivity index (χ0n) is 10.2. The first-order valence-corrected chi connectivity index (χ1v) is 6.25. The summed E-state index contributed by atoms with van der Waals surface area (Å²) in [7, 11) is 0. The highest BCUT2D eigenvalue weighted by molar-refractivity contribution is 6.31. The van der Waals surface area contributed by atoms with E-state index in [1.807, 2.05) is 30.3 Å². The predicted octanol–water partition coefficient (Wildman–Crippen LogP) is 3.00. The predicted molar refractivity (Wildman–Crippen MR) is 75.4 cm³/mol. The van der Waals surface area contributed by atoms with Gasteiger partial charge in [-0.25, -0.2) is 0 Å². The highest BCUT2D eigenvalue weighted by Gasteiger charge is 2.07. The van der Waals surface area contributed by atoms with Gasteiger partial charge in [-0.3, -0.25) is 4.79 Å². The molecular formula is C14H9ClN4O. The molecule has 6 heteroatoms. The van der Waals surface area contributed by atoms with Gasteiger partial charge < -0.3 is 0 Å². The lowest BCUT2D eigenvalue weighted by molar-refractivity contribution is 0.112. The lowest BCUT2D eigenvalue weighted by Crippen LogP contribution is -1.88. The van der Waals surface area contributed by atoms with Crippen LogP contribution in [0.2, 0.25) is 5.02 Å². The maximum atomic E-state index is 11.1. The van der Waals surface area contributed by atoms with E-state index in [9.17, 15) is 4.79 Å². The molecule has 1 N–H and O–H groups in total. The molecule has 0 bridgehead atoms. The molecule has 0 saturated carbocycles. The Labute approximate surface area is 119 Å². The summed E-state index contributed by atoms with van der Waals surface area (Å²) >= 11 is 5.89. The van der Waals surface area contributed by atoms with E-state index in [0.29, 0.717) is 16.4 Å². The third kappa shape index (κ3) is 2.31. The Kier molecular flexibility index (Phi) is 3.26. The number of aromatic amines is 1. The van der Waals surface area contributed by atoms with E-state index in [0.717, 1.165) is 23.0 Å². The number of carbonyl (C=O) groups excluding carboxylic acids is 1. The van der Waals surface area contributed by atoms with Gasteiger partial charge in [-0.1, -0.05) is 41.9 Å². The van der Waals surface area contributed by atoms with Gasteiger partial charge in [-0.2, -0.15) is 5.21 Å². The van der Waals surface area contributed by atoms with Gasteiger partial charge >= 0.3 is 0 Å². The normalized spacial score (nSPS) is 10.4. The molecule has 20 heavy (non-hydrogen) atoms. The molecule has 0 aliphatic carbocycles. The van der Waals surface area contributed by atoms with Crippen molar-refractivity contribution in [2.75, 3.05) is 0 Å². The first kappa shape index (κ1) is 12.5. The highest BCUT2D eigenvalue weighted by Crippen LogP contribution is 2.27. The molecule has 0 atom stereocenters. The third-order valence-electron chi connectivity index (χ3n) is 2.94.